The Morgan fingerprint density at radius 2 is 2.39 bits per heavy atom. The number of ether oxygens (including phenoxy) is 1. The number of alkyl halides is 1. The molecule has 1 aliphatic rings. The first kappa shape index (κ1) is 16.0. The van der Waals surface area contributed by atoms with Crippen LogP contribution in [-0.4, -0.2) is 22.7 Å². The van der Waals surface area contributed by atoms with E-state index in [0.717, 1.165) is 36.1 Å². The van der Waals surface area contributed by atoms with Crippen LogP contribution in [0.3, 0.4) is 0 Å². The number of halogens is 2. The van der Waals surface area contributed by atoms with Crippen LogP contribution in [0.2, 0.25) is 5.02 Å². The van der Waals surface area contributed by atoms with Gasteiger partial charge in [-0.1, -0.05) is 11.6 Å². The third-order valence-electron chi connectivity index (χ3n) is 3.94. The number of fused-ring (bicyclic) bond motifs is 1. The van der Waals surface area contributed by atoms with Crippen molar-refractivity contribution in [2.45, 2.75) is 25.3 Å². The van der Waals surface area contributed by atoms with Gasteiger partial charge < -0.3 is 10.1 Å². The third kappa shape index (κ3) is 3.24. The van der Waals surface area contributed by atoms with Crippen LogP contribution in [0.15, 0.2) is 18.5 Å². The Kier molecular flexibility index (Phi) is 4.94. The van der Waals surface area contributed by atoms with Crippen molar-refractivity contribution in [3.63, 3.8) is 0 Å². The predicted octanol–water partition coefficient (Wildman–Crippen LogP) is 4.04. The van der Waals surface area contributed by atoms with Gasteiger partial charge in [0.25, 0.3) is 0 Å². The molecule has 1 aromatic carbocycles. The van der Waals surface area contributed by atoms with E-state index in [4.69, 9.17) is 27.9 Å². The number of rotatable bonds is 5. The van der Waals surface area contributed by atoms with Crippen LogP contribution in [0.5, 0.6) is 5.75 Å². The second-order valence-corrected chi connectivity index (χ2v) is 6.12. The molecule has 0 saturated carbocycles. The van der Waals surface area contributed by atoms with Gasteiger partial charge in [-0.3, -0.25) is 5.10 Å². The summed E-state index contributed by atoms with van der Waals surface area (Å²) in [4.78, 5) is 0. The number of hydrogen-bond donors (Lipinski definition) is 2. The maximum absolute atomic E-state index is 9.43. The van der Waals surface area contributed by atoms with E-state index < -0.39 is 0 Å². The molecule has 0 fully saturated rings. The zero-order valence-corrected chi connectivity index (χ0v) is 13.9. The molecule has 0 amide bonds. The quantitative estimate of drug-likeness (QED) is 0.798. The highest BCUT2D eigenvalue weighted by Gasteiger charge is 2.26. The molecule has 2 aromatic rings. The highest BCUT2D eigenvalue weighted by atomic mass is 35.5. The van der Waals surface area contributed by atoms with E-state index in [1.54, 1.807) is 12.4 Å². The molecular formula is C16H16Cl2N4O. The fraction of sp³-hybridized carbons (Fsp3) is 0.375. The van der Waals surface area contributed by atoms with E-state index >= 15 is 0 Å². The summed E-state index contributed by atoms with van der Waals surface area (Å²) in [6.45, 7) is 0.325. The van der Waals surface area contributed by atoms with Gasteiger partial charge in [-0.2, -0.15) is 10.4 Å². The van der Waals surface area contributed by atoms with Crippen LogP contribution >= 0.6 is 23.2 Å². The van der Waals surface area contributed by atoms with Crippen LogP contribution in [0.4, 0.5) is 5.69 Å². The largest absolute Gasteiger partial charge is 0.489 e. The van der Waals surface area contributed by atoms with Crippen LogP contribution < -0.4 is 10.1 Å². The van der Waals surface area contributed by atoms with Crippen molar-refractivity contribution >= 4 is 28.9 Å². The Balaban J connectivity index is 1.99. The number of H-pyrrole nitrogens is 1. The lowest BCUT2D eigenvalue weighted by atomic mass is 9.86. The van der Waals surface area contributed by atoms with Gasteiger partial charge in [0.15, 0.2) is 5.75 Å². The molecule has 2 N–H and O–H groups in total. The summed E-state index contributed by atoms with van der Waals surface area (Å²) in [5.41, 5.74) is 3.46. The van der Waals surface area contributed by atoms with Gasteiger partial charge in [0.2, 0.25) is 0 Å². The van der Waals surface area contributed by atoms with Crippen molar-refractivity contribution in [3.05, 3.63) is 40.2 Å². The predicted molar refractivity (Wildman–Crippen MR) is 90.3 cm³/mol. The van der Waals surface area contributed by atoms with Gasteiger partial charge in [-0.05, 0) is 36.5 Å². The molecule has 0 saturated heterocycles. The monoisotopic (exact) mass is 350 g/mol. The molecule has 1 heterocycles. The van der Waals surface area contributed by atoms with Crippen molar-refractivity contribution < 1.29 is 4.74 Å². The number of anilines is 1. The first-order valence-corrected chi connectivity index (χ1v) is 8.35. The van der Waals surface area contributed by atoms with Crippen LogP contribution in [0, 0.1) is 11.3 Å². The topological polar surface area (TPSA) is 73.7 Å². The summed E-state index contributed by atoms with van der Waals surface area (Å²) in [5.74, 6) is 0.792. The van der Waals surface area contributed by atoms with Crippen molar-refractivity contribution in [1.82, 2.24) is 10.2 Å². The fourth-order valence-corrected chi connectivity index (χ4v) is 3.38. The molecule has 0 radical (unpaired) electrons. The molecule has 7 heteroatoms. The van der Waals surface area contributed by atoms with Gasteiger partial charge in [0.05, 0.1) is 34.4 Å². The Hall–Kier alpha value is -1.90. The minimum Gasteiger partial charge on any atom is -0.489 e. The van der Waals surface area contributed by atoms with E-state index in [1.165, 1.54) is 0 Å². The van der Waals surface area contributed by atoms with Crippen molar-refractivity contribution in [2.24, 2.45) is 0 Å². The number of nitriles is 1. The van der Waals surface area contributed by atoms with Crippen LogP contribution in [0.25, 0.3) is 0 Å². The molecule has 0 aliphatic heterocycles. The van der Waals surface area contributed by atoms with Crippen LogP contribution in [0.1, 0.15) is 35.6 Å². The first-order valence-electron chi connectivity index (χ1n) is 7.44. The molecule has 1 aliphatic carbocycles. The Morgan fingerprint density at radius 1 is 1.52 bits per heavy atom. The second kappa shape index (κ2) is 7.12. The van der Waals surface area contributed by atoms with Gasteiger partial charge in [0, 0.05) is 6.20 Å². The van der Waals surface area contributed by atoms with E-state index in [-0.39, 0.29) is 6.04 Å². The minimum atomic E-state index is 0.100. The van der Waals surface area contributed by atoms with E-state index in [2.05, 4.69) is 21.6 Å². The summed E-state index contributed by atoms with van der Waals surface area (Å²) in [7, 11) is 0. The Labute approximate surface area is 144 Å². The summed E-state index contributed by atoms with van der Waals surface area (Å²) in [6.07, 6.45) is 6.41. The van der Waals surface area contributed by atoms with E-state index in [9.17, 15) is 5.26 Å². The highest BCUT2D eigenvalue weighted by molar-refractivity contribution is 6.33. The lowest BCUT2D eigenvalue weighted by Crippen LogP contribution is -2.18. The van der Waals surface area contributed by atoms with E-state index in [0.29, 0.717) is 28.8 Å². The summed E-state index contributed by atoms with van der Waals surface area (Å²) >= 11 is 12.2. The molecular weight excluding hydrogens is 335 g/mol. The minimum absolute atomic E-state index is 0.100. The standard InChI is InChI=1S/C16H16Cl2N4O/c17-4-5-23-16-10(7-19)6-13-12(15(16)18)2-1-3-14(13)22-11-8-20-21-9-11/h6,8-9,14,22H,1-5H2,(H,20,21). The average Bonchev–Trinajstić information content (AvgIpc) is 3.07. The summed E-state index contributed by atoms with van der Waals surface area (Å²) in [6, 6.07) is 4.15. The number of nitrogens with zero attached hydrogens (tertiary/aromatic N) is 2. The van der Waals surface area contributed by atoms with Crippen molar-refractivity contribution in [1.29, 1.82) is 5.26 Å². The molecule has 1 atom stereocenters. The van der Waals surface area contributed by atoms with Crippen molar-refractivity contribution in [3.8, 4) is 11.8 Å². The van der Waals surface area contributed by atoms with Crippen molar-refractivity contribution in [2.75, 3.05) is 17.8 Å². The van der Waals surface area contributed by atoms with Gasteiger partial charge in [-0.15, -0.1) is 11.6 Å². The lowest BCUT2D eigenvalue weighted by molar-refractivity contribution is 0.341. The molecule has 5 nitrogen and oxygen atoms in total. The average molecular weight is 351 g/mol. The van der Waals surface area contributed by atoms with Gasteiger partial charge in [-0.25, -0.2) is 0 Å². The summed E-state index contributed by atoms with van der Waals surface area (Å²) in [5, 5.41) is 20.1. The Morgan fingerprint density at radius 3 is 3.09 bits per heavy atom. The second-order valence-electron chi connectivity index (χ2n) is 5.36. The Bertz CT molecular complexity index is 725. The fourth-order valence-electron chi connectivity index (χ4n) is 2.94. The normalized spacial score (nSPS) is 16.5. The number of aromatic nitrogens is 2. The number of nitrogens with one attached hydrogen (secondary N) is 2. The SMILES string of the molecule is N#Cc1cc2c(c(Cl)c1OCCCl)CCCC2Nc1cn[nH]c1. The molecule has 1 aromatic heterocycles. The number of hydrogen-bond acceptors (Lipinski definition) is 4. The van der Waals surface area contributed by atoms with Gasteiger partial charge in [0.1, 0.15) is 12.7 Å². The third-order valence-corrected chi connectivity index (χ3v) is 4.49. The maximum Gasteiger partial charge on any atom is 0.155 e. The van der Waals surface area contributed by atoms with Gasteiger partial charge >= 0.3 is 0 Å². The zero-order valence-electron chi connectivity index (χ0n) is 12.4. The van der Waals surface area contributed by atoms with Crippen LogP contribution in [-0.2, 0) is 6.42 Å². The number of aromatic amines is 1. The zero-order chi connectivity index (χ0) is 16.2. The first-order chi connectivity index (χ1) is 11.2. The molecule has 1 unspecified atom stereocenters. The maximum atomic E-state index is 9.43. The molecule has 0 spiro atoms. The number of benzene rings is 1. The smallest absolute Gasteiger partial charge is 0.155 e. The molecule has 120 valence electrons. The highest BCUT2D eigenvalue weighted by Crippen LogP contribution is 2.42. The molecule has 23 heavy (non-hydrogen) atoms. The molecule has 0 bridgehead atoms. The summed E-state index contributed by atoms with van der Waals surface area (Å²) < 4.78 is 5.59. The molecule has 3 rings (SSSR count). The lowest BCUT2D eigenvalue weighted by Gasteiger charge is -2.28. The van der Waals surface area contributed by atoms with E-state index in [1.807, 2.05) is 6.07 Å².